The van der Waals surface area contributed by atoms with Gasteiger partial charge in [-0.05, 0) is 79.5 Å². The molecule has 2 N–H and O–H groups in total. The zero-order valence-corrected chi connectivity index (χ0v) is 15.8. The fourth-order valence-corrected chi connectivity index (χ4v) is 6.14. The minimum Gasteiger partial charge on any atom is -0.508 e. The van der Waals surface area contributed by atoms with Gasteiger partial charge in [-0.15, -0.1) is 0 Å². The highest BCUT2D eigenvalue weighted by Gasteiger charge is 2.56. The average Bonchev–Trinajstić information content (AvgIpc) is 2.96. The summed E-state index contributed by atoms with van der Waals surface area (Å²) in [5, 5.41) is 18.6. The van der Waals surface area contributed by atoms with Gasteiger partial charge in [0.15, 0.2) is 0 Å². The minimum absolute atomic E-state index is 0.00548. The number of esters is 1. The Morgan fingerprint density at radius 1 is 1.19 bits per heavy atom. The van der Waals surface area contributed by atoms with E-state index in [1.165, 1.54) is 11.1 Å². The molecule has 0 aliphatic heterocycles. The highest BCUT2D eigenvalue weighted by Crippen LogP contribution is 2.61. The number of carbonyl (C=O) groups excluding carboxylic acids is 1. The molecule has 0 heterocycles. The molecule has 5 heteroatoms. The van der Waals surface area contributed by atoms with Crippen LogP contribution in [-0.4, -0.2) is 28.3 Å². The number of rotatable bonds is 4. The Hall–Kier alpha value is -2.04. The van der Waals surface area contributed by atoms with Crippen LogP contribution in [0.2, 0.25) is 0 Å². The highest BCUT2D eigenvalue weighted by atomic mass is 16.5. The van der Waals surface area contributed by atoms with Crippen molar-refractivity contribution in [1.82, 2.24) is 0 Å². The molecule has 27 heavy (non-hydrogen) atoms. The third-order valence-corrected chi connectivity index (χ3v) is 7.44. The number of carbonyl (C=O) groups is 2. The maximum absolute atomic E-state index is 12.1. The zero-order valence-electron chi connectivity index (χ0n) is 15.8. The number of phenols is 1. The summed E-state index contributed by atoms with van der Waals surface area (Å²) in [5.74, 6) is 0.681. The van der Waals surface area contributed by atoms with E-state index in [0.29, 0.717) is 23.5 Å². The van der Waals surface area contributed by atoms with E-state index >= 15 is 0 Å². The molecule has 0 bridgehead atoms. The number of carboxylic acid groups (broad SMARTS) is 1. The van der Waals surface area contributed by atoms with Crippen molar-refractivity contribution in [1.29, 1.82) is 0 Å². The molecular weight excluding hydrogens is 344 g/mol. The molecule has 3 aliphatic carbocycles. The van der Waals surface area contributed by atoms with Gasteiger partial charge in [-0.2, -0.15) is 0 Å². The summed E-state index contributed by atoms with van der Waals surface area (Å²) in [7, 11) is 0. The lowest BCUT2D eigenvalue weighted by Crippen LogP contribution is -2.45. The van der Waals surface area contributed by atoms with E-state index < -0.39 is 5.97 Å². The molecule has 0 saturated heterocycles. The predicted octanol–water partition coefficient (Wildman–Crippen LogP) is 4.02. The van der Waals surface area contributed by atoms with Gasteiger partial charge in [0.1, 0.15) is 11.9 Å². The number of benzene rings is 1. The van der Waals surface area contributed by atoms with Crippen LogP contribution in [0.4, 0.5) is 0 Å². The number of hydrogen-bond acceptors (Lipinski definition) is 4. The molecule has 0 aromatic heterocycles. The van der Waals surface area contributed by atoms with E-state index in [2.05, 4.69) is 13.0 Å². The number of ether oxygens (including phenoxy) is 1. The van der Waals surface area contributed by atoms with Crippen molar-refractivity contribution in [2.45, 2.75) is 70.3 Å². The van der Waals surface area contributed by atoms with Crippen molar-refractivity contribution in [2.75, 3.05) is 0 Å². The fourth-order valence-electron chi connectivity index (χ4n) is 6.14. The van der Waals surface area contributed by atoms with Crippen molar-refractivity contribution >= 4 is 11.9 Å². The van der Waals surface area contributed by atoms with Crippen molar-refractivity contribution < 1.29 is 24.5 Å². The fraction of sp³-hybridized carbons (Fsp3) is 0.636. The van der Waals surface area contributed by atoms with Gasteiger partial charge in [-0.3, -0.25) is 9.59 Å². The van der Waals surface area contributed by atoms with E-state index in [1.807, 2.05) is 6.07 Å². The molecule has 5 nitrogen and oxygen atoms in total. The number of aryl methyl sites for hydroxylation is 1. The molecule has 1 aromatic carbocycles. The number of phenolic OH excluding ortho intramolecular Hbond substituents is 1. The smallest absolute Gasteiger partial charge is 0.306 e. The predicted molar refractivity (Wildman–Crippen MR) is 99.5 cm³/mol. The lowest BCUT2D eigenvalue weighted by Gasteiger charge is -2.50. The van der Waals surface area contributed by atoms with Gasteiger partial charge in [-0.25, -0.2) is 0 Å². The molecule has 2 saturated carbocycles. The number of aromatic hydroxyl groups is 1. The van der Waals surface area contributed by atoms with Crippen LogP contribution in [0.3, 0.4) is 0 Å². The average molecular weight is 372 g/mol. The standard InChI is InChI=1S/C22H28O5/c1-22-11-10-16-15-5-3-14(23)12-13(15)2-4-17(16)18(22)6-7-19(22)27-21(26)9-8-20(24)25/h3,5,12,16-19,23H,2,4,6-11H2,1H3,(H,24,25)/t16-,17+,18-,19-,22-/m0/s1. The molecule has 0 radical (unpaired) electrons. The van der Waals surface area contributed by atoms with Crippen LogP contribution in [0.1, 0.15) is 68.9 Å². The molecule has 0 spiro atoms. The van der Waals surface area contributed by atoms with Crippen LogP contribution < -0.4 is 0 Å². The van der Waals surface area contributed by atoms with E-state index in [4.69, 9.17) is 9.84 Å². The first-order chi connectivity index (χ1) is 12.9. The molecule has 1 aromatic rings. The summed E-state index contributed by atoms with van der Waals surface area (Å²) in [4.78, 5) is 22.8. The van der Waals surface area contributed by atoms with Crippen molar-refractivity contribution in [3.05, 3.63) is 29.3 Å². The first-order valence-electron chi connectivity index (χ1n) is 10.1. The van der Waals surface area contributed by atoms with Crippen LogP contribution in [0.15, 0.2) is 18.2 Å². The normalized spacial score (nSPS) is 34.3. The Bertz CT molecular complexity index is 757. The van der Waals surface area contributed by atoms with Crippen molar-refractivity contribution in [2.24, 2.45) is 17.3 Å². The van der Waals surface area contributed by atoms with E-state index in [0.717, 1.165) is 38.5 Å². The lowest BCUT2D eigenvalue weighted by atomic mass is 9.55. The lowest BCUT2D eigenvalue weighted by molar-refractivity contribution is -0.159. The highest BCUT2D eigenvalue weighted by molar-refractivity contribution is 5.76. The Balaban J connectivity index is 1.49. The van der Waals surface area contributed by atoms with Gasteiger partial charge in [-0.1, -0.05) is 13.0 Å². The van der Waals surface area contributed by atoms with Crippen LogP contribution in [0, 0.1) is 17.3 Å². The summed E-state index contributed by atoms with van der Waals surface area (Å²) in [6.45, 7) is 2.27. The number of aliphatic carboxylic acids is 1. The van der Waals surface area contributed by atoms with Gasteiger partial charge in [0.25, 0.3) is 0 Å². The van der Waals surface area contributed by atoms with Crippen LogP contribution in [0.25, 0.3) is 0 Å². The maximum atomic E-state index is 12.1. The molecular formula is C22H28O5. The Labute approximate surface area is 159 Å². The summed E-state index contributed by atoms with van der Waals surface area (Å²) in [6.07, 6.45) is 5.88. The zero-order chi connectivity index (χ0) is 19.2. The van der Waals surface area contributed by atoms with Gasteiger partial charge < -0.3 is 14.9 Å². The number of hydrogen-bond donors (Lipinski definition) is 2. The first kappa shape index (κ1) is 18.3. The second-order valence-corrected chi connectivity index (χ2v) is 8.79. The molecule has 3 aliphatic rings. The number of carboxylic acids is 1. The van der Waals surface area contributed by atoms with E-state index in [-0.39, 0.29) is 30.3 Å². The van der Waals surface area contributed by atoms with Crippen LogP contribution in [-0.2, 0) is 20.7 Å². The number of fused-ring (bicyclic) bond motifs is 5. The summed E-state index contributed by atoms with van der Waals surface area (Å²) in [5.41, 5.74) is 2.68. The van der Waals surface area contributed by atoms with Crippen molar-refractivity contribution in [3.8, 4) is 5.75 Å². The van der Waals surface area contributed by atoms with Gasteiger partial charge >= 0.3 is 11.9 Å². The third-order valence-electron chi connectivity index (χ3n) is 7.44. The van der Waals surface area contributed by atoms with Gasteiger partial charge in [0, 0.05) is 5.41 Å². The summed E-state index contributed by atoms with van der Waals surface area (Å²) >= 11 is 0. The molecule has 0 unspecified atom stereocenters. The Morgan fingerprint density at radius 3 is 2.78 bits per heavy atom. The van der Waals surface area contributed by atoms with Crippen molar-refractivity contribution in [3.63, 3.8) is 0 Å². The maximum Gasteiger partial charge on any atom is 0.306 e. The topological polar surface area (TPSA) is 83.8 Å². The van der Waals surface area contributed by atoms with E-state index in [1.54, 1.807) is 6.07 Å². The first-order valence-corrected chi connectivity index (χ1v) is 10.1. The SMILES string of the molecule is C[C@]12CC[C@H]3c4ccc(O)cc4CC[C@H]3[C@@H]1CC[C@@H]2OC(=O)CCC(=O)O. The largest absolute Gasteiger partial charge is 0.508 e. The second-order valence-electron chi connectivity index (χ2n) is 8.79. The third kappa shape index (κ3) is 3.21. The second kappa shape index (κ2) is 6.84. The Kier molecular flexibility index (Phi) is 4.65. The molecule has 0 amide bonds. The molecule has 5 atom stereocenters. The van der Waals surface area contributed by atoms with Crippen LogP contribution >= 0.6 is 0 Å². The summed E-state index contributed by atoms with van der Waals surface area (Å²) < 4.78 is 5.76. The minimum atomic E-state index is -0.963. The molecule has 2 fully saturated rings. The van der Waals surface area contributed by atoms with Gasteiger partial charge in [0.05, 0.1) is 12.8 Å². The molecule has 4 rings (SSSR count). The Morgan fingerprint density at radius 2 is 2.00 bits per heavy atom. The summed E-state index contributed by atoms with van der Waals surface area (Å²) in [6, 6.07) is 5.82. The molecule has 146 valence electrons. The van der Waals surface area contributed by atoms with Gasteiger partial charge in [0.2, 0.25) is 0 Å². The quantitative estimate of drug-likeness (QED) is 0.780. The van der Waals surface area contributed by atoms with Crippen LogP contribution in [0.5, 0.6) is 5.75 Å². The monoisotopic (exact) mass is 372 g/mol. The van der Waals surface area contributed by atoms with E-state index in [9.17, 15) is 14.7 Å².